The number of hydrogen-bond donors (Lipinski definition) is 1. The molecule has 0 amide bonds. The molecule has 4 aromatic carbocycles. The average Bonchev–Trinajstić information content (AvgIpc) is 2.80. The molecule has 0 aliphatic rings. The van der Waals surface area contributed by atoms with Crippen molar-refractivity contribution in [3.63, 3.8) is 0 Å². The first-order chi connectivity index (χ1) is 15.4. The zero-order valence-corrected chi connectivity index (χ0v) is 18.2. The van der Waals surface area contributed by atoms with Gasteiger partial charge in [0.15, 0.2) is 0 Å². The lowest BCUT2D eigenvalue weighted by Gasteiger charge is -2.10. The molecular weight excluding hydrogens is 421 g/mol. The van der Waals surface area contributed by atoms with Crippen LogP contribution < -0.4 is 4.72 Å². The lowest BCUT2D eigenvalue weighted by Crippen LogP contribution is -2.14. The molecule has 0 atom stereocenters. The van der Waals surface area contributed by atoms with Gasteiger partial charge in [-0.15, -0.1) is 0 Å². The van der Waals surface area contributed by atoms with Crippen LogP contribution in [0.4, 0.5) is 10.1 Å². The van der Waals surface area contributed by atoms with Crippen LogP contribution in [0.3, 0.4) is 0 Å². The first-order valence-corrected chi connectivity index (χ1v) is 11.5. The van der Waals surface area contributed by atoms with Crippen molar-refractivity contribution in [3.8, 4) is 23.0 Å². The number of aryl methyl sites for hydroxylation is 1. The van der Waals surface area contributed by atoms with Gasteiger partial charge in [0.2, 0.25) is 0 Å². The topological polar surface area (TPSA) is 46.2 Å². The summed E-state index contributed by atoms with van der Waals surface area (Å²) in [7, 11) is -3.82. The van der Waals surface area contributed by atoms with Crippen LogP contribution in [0.25, 0.3) is 11.1 Å². The normalized spacial score (nSPS) is 10.8. The van der Waals surface area contributed by atoms with Crippen molar-refractivity contribution in [2.24, 2.45) is 0 Å². The molecule has 0 aromatic heterocycles. The fourth-order valence-corrected chi connectivity index (χ4v) is 4.23. The SMILES string of the molecule is Cc1ccc(S(=O)(=O)Nc2ccc(F)cc2C#Cc2ccc(-c3ccccc3)cc2)cc1. The zero-order valence-electron chi connectivity index (χ0n) is 17.3. The van der Waals surface area contributed by atoms with Crippen LogP contribution in [-0.4, -0.2) is 8.42 Å². The minimum atomic E-state index is -3.82. The van der Waals surface area contributed by atoms with E-state index in [1.807, 2.05) is 61.5 Å². The second-order valence-corrected chi connectivity index (χ2v) is 8.98. The molecular formula is C27H20FNO2S. The van der Waals surface area contributed by atoms with Crippen LogP contribution in [0.5, 0.6) is 0 Å². The maximum atomic E-state index is 13.9. The lowest BCUT2D eigenvalue weighted by molar-refractivity contribution is 0.601. The van der Waals surface area contributed by atoms with E-state index in [1.54, 1.807) is 12.1 Å². The molecule has 0 heterocycles. The highest BCUT2D eigenvalue weighted by Crippen LogP contribution is 2.22. The second-order valence-electron chi connectivity index (χ2n) is 7.30. The molecule has 0 aliphatic carbocycles. The predicted molar refractivity (Wildman–Crippen MR) is 126 cm³/mol. The van der Waals surface area contributed by atoms with Gasteiger partial charge in [0.1, 0.15) is 5.82 Å². The minimum Gasteiger partial charge on any atom is -0.278 e. The first-order valence-electron chi connectivity index (χ1n) is 9.97. The van der Waals surface area contributed by atoms with E-state index in [4.69, 9.17) is 0 Å². The van der Waals surface area contributed by atoms with Gasteiger partial charge >= 0.3 is 0 Å². The van der Waals surface area contributed by atoms with E-state index in [0.29, 0.717) is 0 Å². The van der Waals surface area contributed by atoms with E-state index < -0.39 is 15.8 Å². The van der Waals surface area contributed by atoms with Crippen LogP contribution in [0.1, 0.15) is 16.7 Å². The predicted octanol–water partition coefficient (Wildman–Crippen LogP) is 6.00. The Kier molecular flexibility index (Phi) is 6.07. The second kappa shape index (κ2) is 9.09. The Bertz CT molecular complexity index is 1400. The molecule has 5 heteroatoms. The van der Waals surface area contributed by atoms with Crippen LogP contribution in [0, 0.1) is 24.6 Å². The summed E-state index contributed by atoms with van der Waals surface area (Å²) in [6, 6.07) is 28.0. The molecule has 0 bridgehead atoms. The number of benzene rings is 4. The van der Waals surface area contributed by atoms with E-state index in [2.05, 4.69) is 16.6 Å². The van der Waals surface area contributed by atoms with Crippen LogP contribution in [-0.2, 0) is 10.0 Å². The monoisotopic (exact) mass is 441 g/mol. The van der Waals surface area contributed by atoms with E-state index in [0.717, 1.165) is 22.3 Å². The molecule has 0 radical (unpaired) electrons. The number of halogens is 1. The summed E-state index contributed by atoms with van der Waals surface area (Å²) in [6.07, 6.45) is 0. The van der Waals surface area contributed by atoms with Gasteiger partial charge < -0.3 is 0 Å². The number of hydrogen-bond acceptors (Lipinski definition) is 2. The molecule has 0 saturated carbocycles. The van der Waals surface area contributed by atoms with Gasteiger partial charge in [0.25, 0.3) is 10.0 Å². The summed E-state index contributed by atoms with van der Waals surface area (Å²) in [4.78, 5) is 0.128. The molecule has 0 saturated heterocycles. The van der Waals surface area contributed by atoms with Crippen molar-refractivity contribution < 1.29 is 12.8 Å². The Morgan fingerprint density at radius 1 is 0.750 bits per heavy atom. The third kappa shape index (κ3) is 5.05. The third-order valence-corrected chi connectivity index (χ3v) is 6.27. The molecule has 0 spiro atoms. The van der Waals surface area contributed by atoms with Crippen LogP contribution in [0.2, 0.25) is 0 Å². The van der Waals surface area contributed by atoms with Crippen molar-refractivity contribution in [2.75, 3.05) is 4.72 Å². The highest BCUT2D eigenvalue weighted by Gasteiger charge is 2.16. The summed E-state index contributed by atoms with van der Waals surface area (Å²) in [5.74, 6) is 5.39. The van der Waals surface area contributed by atoms with Crippen molar-refractivity contribution in [1.29, 1.82) is 0 Å². The van der Waals surface area contributed by atoms with E-state index in [9.17, 15) is 12.8 Å². The maximum Gasteiger partial charge on any atom is 0.261 e. The van der Waals surface area contributed by atoms with Gasteiger partial charge in [-0.1, -0.05) is 72.0 Å². The molecule has 32 heavy (non-hydrogen) atoms. The van der Waals surface area contributed by atoms with Gasteiger partial charge in [-0.2, -0.15) is 0 Å². The summed E-state index contributed by atoms with van der Waals surface area (Å²) in [5, 5.41) is 0. The Morgan fingerprint density at radius 3 is 2.09 bits per heavy atom. The highest BCUT2D eigenvalue weighted by atomic mass is 32.2. The van der Waals surface area contributed by atoms with Gasteiger partial charge in [-0.05, 0) is 60.5 Å². The standard InChI is InChI=1S/C27H20FNO2S/c1-20-7-16-26(17-8-20)32(30,31)29-27-18-15-25(28)19-24(27)14-11-21-9-12-23(13-10-21)22-5-3-2-4-6-22/h2-10,12-13,15-19,29H,1H3. The van der Waals surface area contributed by atoms with Crippen LogP contribution >= 0.6 is 0 Å². The first kappa shape index (κ1) is 21.4. The fraction of sp³-hybridized carbons (Fsp3) is 0.0370. The molecule has 4 rings (SSSR count). The van der Waals surface area contributed by atoms with E-state index >= 15 is 0 Å². The van der Waals surface area contributed by atoms with Gasteiger partial charge in [-0.3, -0.25) is 4.72 Å². The van der Waals surface area contributed by atoms with Crippen molar-refractivity contribution in [3.05, 3.63) is 120 Å². The van der Waals surface area contributed by atoms with Gasteiger partial charge in [0, 0.05) is 5.56 Å². The summed E-state index contributed by atoms with van der Waals surface area (Å²) in [6.45, 7) is 1.88. The quantitative estimate of drug-likeness (QED) is 0.395. The van der Waals surface area contributed by atoms with E-state index in [1.165, 1.54) is 30.3 Å². The minimum absolute atomic E-state index is 0.128. The van der Waals surface area contributed by atoms with Gasteiger partial charge in [-0.25, -0.2) is 12.8 Å². The van der Waals surface area contributed by atoms with Crippen LogP contribution in [0.15, 0.2) is 102 Å². The molecule has 1 N–H and O–H groups in total. The smallest absolute Gasteiger partial charge is 0.261 e. The summed E-state index contributed by atoms with van der Waals surface area (Å²) >= 11 is 0. The zero-order chi connectivity index (χ0) is 22.6. The number of rotatable bonds is 4. The molecule has 0 fully saturated rings. The molecule has 158 valence electrons. The average molecular weight is 442 g/mol. The van der Waals surface area contributed by atoms with Gasteiger partial charge in [0.05, 0.1) is 16.1 Å². The Hall–Kier alpha value is -3.88. The number of sulfonamides is 1. The Labute approximate surface area is 187 Å². The van der Waals surface area contributed by atoms with Crippen molar-refractivity contribution in [2.45, 2.75) is 11.8 Å². The van der Waals surface area contributed by atoms with Crippen molar-refractivity contribution in [1.82, 2.24) is 0 Å². The van der Waals surface area contributed by atoms with Crippen molar-refractivity contribution >= 4 is 15.7 Å². The van der Waals surface area contributed by atoms with E-state index in [-0.39, 0.29) is 16.1 Å². The lowest BCUT2D eigenvalue weighted by atomic mass is 10.0. The maximum absolute atomic E-state index is 13.9. The molecule has 3 nitrogen and oxygen atoms in total. The molecule has 4 aromatic rings. The highest BCUT2D eigenvalue weighted by molar-refractivity contribution is 7.92. The Morgan fingerprint density at radius 2 is 1.41 bits per heavy atom. The molecule has 0 unspecified atom stereocenters. The molecule has 0 aliphatic heterocycles. The Balaban J connectivity index is 1.61. The third-order valence-electron chi connectivity index (χ3n) is 4.89. The largest absolute Gasteiger partial charge is 0.278 e. The summed E-state index contributed by atoms with van der Waals surface area (Å²) < 4.78 is 41.9. The number of anilines is 1. The summed E-state index contributed by atoms with van der Waals surface area (Å²) in [5.41, 5.74) is 4.34. The fourth-order valence-electron chi connectivity index (χ4n) is 3.15. The number of nitrogens with one attached hydrogen (secondary N) is 1.